The van der Waals surface area contributed by atoms with Gasteiger partial charge in [-0.25, -0.2) is 9.18 Å². The maximum atomic E-state index is 12.4. The van der Waals surface area contributed by atoms with E-state index in [0.717, 1.165) is 23.9 Å². The van der Waals surface area contributed by atoms with Gasteiger partial charge in [-0.3, -0.25) is 4.98 Å². The van der Waals surface area contributed by atoms with Gasteiger partial charge in [0.15, 0.2) is 5.58 Å². The van der Waals surface area contributed by atoms with Crippen molar-refractivity contribution < 1.29 is 8.81 Å². The van der Waals surface area contributed by atoms with Gasteiger partial charge in [0.2, 0.25) is 0 Å². The minimum absolute atomic E-state index is 0.179. The number of nitrogens with one attached hydrogen (secondary N) is 1. The van der Waals surface area contributed by atoms with Crippen LogP contribution in [0.4, 0.5) is 4.39 Å². The number of aryl methyl sites for hydroxylation is 1. The quantitative estimate of drug-likeness (QED) is 0.471. The third-order valence-electron chi connectivity index (χ3n) is 5.10. The van der Waals surface area contributed by atoms with Crippen LogP contribution in [-0.2, 0) is 6.42 Å². The van der Waals surface area contributed by atoms with Gasteiger partial charge < -0.3 is 10.2 Å². The van der Waals surface area contributed by atoms with E-state index in [-0.39, 0.29) is 11.6 Å². The van der Waals surface area contributed by atoms with Crippen molar-refractivity contribution in [1.82, 2.24) is 4.98 Å². The van der Waals surface area contributed by atoms with Gasteiger partial charge in [0, 0.05) is 0 Å². The third-order valence-corrected chi connectivity index (χ3v) is 5.10. The van der Waals surface area contributed by atoms with Gasteiger partial charge in [-0.1, -0.05) is 65.2 Å². The Balaban J connectivity index is 0.000000282. The molecule has 172 valence electrons. The Hall–Kier alpha value is -2.40. The van der Waals surface area contributed by atoms with Crippen LogP contribution < -0.4 is 11.5 Å². The number of aromatic amines is 1. The van der Waals surface area contributed by atoms with Gasteiger partial charge in [0.05, 0.1) is 5.52 Å². The minimum Gasteiger partial charge on any atom is -0.408 e. The van der Waals surface area contributed by atoms with Gasteiger partial charge in [0.25, 0.3) is 0 Å². The van der Waals surface area contributed by atoms with E-state index >= 15 is 0 Å². The first-order valence-corrected chi connectivity index (χ1v) is 11.7. The van der Waals surface area contributed by atoms with Crippen molar-refractivity contribution in [3.63, 3.8) is 0 Å². The second-order valence-electron chi connectivity index (χ2n) is 7.12. The zero-order valence-corrected chi connectivity index (χ0v) is 19.5. The molecule has 0 aliphatic heterocycles. The van der Waals surface area contributed by atoms with E-state index in [2.05, 4.69) is 11.1 Å². The number of hydrogen-bond donors (Lipinski definition) is 2. The van der Waals surface area contributed by atoms with Crippen molar-refractivity contribution in [3.05, 3.63) is 70.0 Å². The molecular formula is C26H39FN2O2. The van der Waals surface area contributed by atoms with Gasteiger partial charge in [-0.05, 0) is 73.5 Å². The SMILES string of the molecule is CC.CC.NCCCc1ccc(F)cc1.O=c1[nH]c2ccc(C3CCCCC3)cc2o1. The lowest BCUT2D eigenvalue weighted by Crippen LogP contribution is -2.03. The first-order valence-electron chi connectivity index (χ1n) is 11.7. The third kappa shape index (κ3) is 9.09. The van der Waals surface area contributed by atoms with Crippen molar-refractivity contribution in [2.24, 2.45) is 5.73 Å². The summed E-state index contributed by atoms with van der Waals surface area (Å²) >= 11 is 0. The molecule has 1 aliphatic rings. The highest BCUT2D eigenvalue weighted by molar-refractivity contribution is 5.72. The zero-order valence-electron chi connectivity index (χ0n) is 19.5. The monoisotopic (exact) mass is 430 g/mol. The maximum Gasteiger partial charge on any atom is 0.417 e. The molecule has 4 rings (SSSR count). The number of aromatic nitrogens is 1. The van der Waals surface area contributed by atoms with Crippen molar-refractivity contribution in [2.45, 2.75) is 78.6 Å². The van der Waals surface area contributed by atoms with Crippen LogP contribution >= 0.6 is 0 Å². The van der Waals surface area contributed by atoms with Gasteiger partial charge in [-0.2, -0.15) is 0 Å². The highest BCUT2D eigenvalue weighted by atomic mass is 19.1. The van der Waals surface area contributed by atoms with Crippen LogP contribution in [0.2, 0.25) is 0 Å². The van der Waals surface area contributed by atoms with E-state index in [1.165, 1.54) is 49.8 Å². The molecule has 5 heteroatoms. The molecule has 0 atom stereocenters. The molecule has 0 amide bonds. The molecule has 0 unspecified atom stereocenters. The molecule has 1 fully saturated rings. The fourth-order valence-electron chi connectivity index (χ4n) is 3.61. The summed E-state index contributed by atoms with van der Waals surface area (Å²) in [5, 5.41) is 0. The van der Waals surface area contributed by atoms with Crippen molar-refractivity contribution >= 4 is 11.1 Å². The molecule has 3 aromatic rings. The van der Waals surface area contributed by atoms with E-state index in [1.54, 1.807) is 12.1 Å². The van der Waals surface area contributed by atoms with E-state index < -0.39 is 0 Å². The number of oxazole rings is 1. The van der Waals surface area contributed by atoms with Crippen LogP contribution in [-0.4, -0.2) is 11.5 Å². The molecule has 2 aromatic carbocycles. The predicted octanol–water partition coefficient (Wildman–Crippen LogP) is 6.94. The van der Waals surface area contributed by atoms with E-state index in [9.17, 15) is 9.18 Å². The van der Waals surface area contributed by atoms with E-state index in [0.29, 0.717) is 18.0 Å². The lowest BCUT2D eigenvalue weighted by molar-refractivity contribution is 0.443. The molecule has 0 spiro atoms. The first-order chi connectivity index (χ1) is 15.2. The molecule has 3 N–H and O–H groups in total. The molecule has 0 radical (unpaired) electrons. The maximum absolute atomic E-state index is 12.4. The molecule has 1 aromatic heterocycles. The lowest BCUT2D eigenvalue weighted by atomic mass is 9.84. The summed E-state index contributed by atoms with van der Waals surface area (Å²) < 4.78 is 17.5. The van der Waals surface area contributed by atoms with Crippen LogP contribution in [0.25, 0.3) is 11.1 Å². The average molecular weight is 431 g/mol. The summed E-state index contributed by atoms with van der Waals surface area (Å²) in [6.07, 6.45) is 8.43. The number of benzene rings is 2. The van der Waals surface area contributed by atoms with Crippen LogP contribution in [0, 0.1) is 5.82 Å². The minimum atomic E-state index is -0.365. The second kappa shape index (κ2) is 15.4. The average Bonchev–Trinajstić information content (AvgIpc) is 3.21. The largest absolute Gasteiger partial charge is 0.417 e. The Morgan fingerprint density at radius 1 is 1.00 bits per heavy atom. The molecule has 4 nitrogen and oxygen atoms in total. The summed E-state index contributed by atoms with van der Waals surface area (Å²) in [7, 11) is 0. The second-order valence-corrected chi connectivity index (χ2v) is 7.12. The Labute approximate surface area is 186 Å². The molecule has 0 bridgehead atoms. The lowest BCUT2D eigenvalue weighted by Gasteiger charge is -2.21. The standard InChI is InChI=1S/C13H15NO2.C9H12FN.2C2H6/c15-13-14-11-7-6-10(8-12(11)16-13)9-4-2-1-3-5-9;10-9-5-3-8(4-6-9)2-1-7-11;2*1-2/h6-9H,1-5H2,(H,14,15);3-6H,1-2,7,11H2;2*1-2H3. The molecule has 0 saturated heterocycles. The van der Waals surface area contributed by atoms with Gasteiger partial charge >= 0.3 is 5.76 Å². The van der Waals surface area contributed by atoms with Crippen LogP contribution in [0.5, 0.6) is 0 Å². The topological polar surface area (TPSA) is 72.0 Å². The van der Waals surface area contributed by atoms with Crippen LogP contribution in [0.3, 0.4) is 0 Å². The number of hydrogen-bond acceptors (Lipinski definition) is 3. The number of H-pyrrole nitrogens is 1. The molecule has 1 aliphatic carbocycles. The summed E-state index contributed by atoms with van der Waals surface area (Å²) in [6, 6.07) is 12.6. The van der Waals surface area contributed by atoms with E-state index in [4.69, 9.17) is 10.2 Å². The fourth-order valence-corrected chi connectivity index (χ4v) is 3.61. The molecule has 31 heavy (non-hydrogen) atoms. The number of halogens is 1. The Morgan fingerprint density at radius 2 is 1.65 bits per heavy atom. The normalized spacial score (nSPS) is 13.2. The van der Waals surface area contributed by atoms with Crippen molar-refractivity contribution in [2.75, 3.05) is 6.54 Å². The number of rotatable bonds is 4. The highest BCUT2D eigenvalue weighted by Gasteiger charge is 2.16. The highest BCUT2D eigenvalue weighted by Crippen LogP contribution is 2.33. The molecule has 1 heterocycles. The number of fused-ring (bicyclic) bond motifs is 1. The first kappa shape index (κ1) is 26.6. The molecular weight excluding hydrogens is 391 g/mol. The van der Waals surface area contributed by atoms with Crippen molar-refractivity contribution in [1.29, 1.82) is 0 Å². The smallest absolute Gasteiger partial charge is 0.408 e. The molecule has 1 saturated carbocycles. The van der Waals surface area contributed by atoms with Crippen molar-refractivity contribution in [3.8, 4) is 0 Å². The summed E-state index contributed by atoms with van der Waals surface area (Å²) in [6.45, 7) is 8.69. The zero-order chi connectivity index (χ0) is 23.1. The Bertz CT molecular complexity index is 894. The van der Waals surface area contributed by atoms with Crippen LogP contribution in [0.1, 0.15) is 83.3 Å². The van der Waals surface area contributed by atoms with Gasteiger partial charge in [0.1, 0.15) is 5.82 Å². The van der Waals surface area contributed by atoms with Gasteiger partial charge in [-0.15, -0.1) is 0 Å². The number of nitrogens with two attached hydrogens (primary N) is 1. The summed E-state index contributed by atoms with van der Waals surface area (Å²) in [5.41, 5.74) is 9.28. The summed E-state index contributed by atoms with van der Waals surface area (Å²) in [4.78, 5) is 13.7. The predicted molar refractivity (Wildman–Crippen MR) is 129 cm³/mol. The van der Waals surface area contributed by atoms with Crippen LogP contribution in [0.15, 0.2) is 51.7 Å². The fraction of sp³-hybridized carbons (Fsp3) is 0.500. The summed E-state index contributed by atoms with van der Waals surface area (Å²) in [5.74, 6) is 0.107. The Kier molecular flexibility index (Phi) is 13.2. The Morgan fingerprint density at radius 3 is 2.26 bits per heavy atom. The van der Waals surface area contributed by atoms with E-state index in [1.807, 2.05) is 39.8 Å².